The van der Waals surface area contributed by atoms with E-state index in [9.17, 15) is 14.7 Å². The van der Waals surface area contributed by atoms with Gasteiger partial charge in [0.15, 0.2) is 0 Å². The van der Waals surface area contributed by atoms with Gasteiger partial charge in [0.2, 0.25) is 5.76 Å². The Labute approximate surface area is 211 Å². The summed E-state index contributed by atoms with van der Waals surface area (Å²) >= 11 is 0. The van der Waals surface area contributed by atoms with Crippen LogP contribution in [-0.2, 0) is 9.53 Å². The van der Waals surface area contributed by atoms with E-state index in [-0.39, 0.29) is 18.4 Å². The Balaban J connectivity index is 1.68. The normalized spacial score (nSPS) is 11.0. The lowest BCUT2D eigenvalue weighted by atomic mass is 10.1. The van der Waals surface area contributed by atoms with Crippen molar-refractivity contribution < 1.29 is 24.2 Å². The Bertz CT molecular complexity index is 1190. The number of urea groups is 1. The topological polar surface area (TPSA) is 101 Å². The molecule has 0 saturated carbocycles. The monoisotopic (exact) mass is 489 g/mol. The highest BCUT2D eigenvalue weighted by Crippen LogP contribution is 2.23. The van der Waals surface area contributed by atoms with Crippen molar-refractivity contribution in [2.75, 3.05) is 30.5 Å². The highest BCUT2D eigenvalue weighted by Gasteiger charge is 2.14. The summed E-state index contributed by atoms with van der Waals surface area (Å²) in [5, 5.41) is 12.1. The molecule has 2 amide bonds. The van der Waals surface area contributed by atoms with Crippen LogP contribution < -0.4 is 15.0 Å². The number of hydrogen-bond donors (Lipinski definition) is 2. The van der Waals surface area contributed by atoms with Gasteiger partial charge in [-0.2, -0.15) is 0 Å². The van der Waals surface area contributed by atoms with Gasteiger partial charge in [0.25, 0.3) is 0 Å². The molecule has 1 heterocycles. The molecule has 3 rings (SSSR count). The van der Waals surface area contributed by atoms with Crippen LogP contribution in [0.1, 0.15) is 32.3 Å². The highest BCUT2D eigenvalue weighted by molar-refractivity contribution is 6.00. The number of pyridine rings is 1. The average molecular weight is 490 g/mol. The third kappa shape index (κ3) is 7.33. The molecule has 0 aliphatic heterocycles. The number of amides is 2. The molecule has 0 atom stereocenters. The van der Waals surface area contributed by atoms with Crippen LogP contribution in [0.15, 0.2) is 72.5 Å². The summed E-state index contributed by atoms with van der Waals surface area (Å²) in [6.07, 6.45) is 3.54. The van der Waals surface area contributed by atoms with Crippen molar-refractivity contribution in [3.63, 3.8) is 0 Å². The van der Waals surface area contributed by atoms with Gasteiger partial charge in [0.05, 0.1) is 18.9 Å². The summed E-state index contributed by atoms with van der Waals surface area (Å²) in [4.78, 5) is 30.1. The Kier molecular flexibility index (Phi) is 9.45. The first-order valence-corrected chi connectivity index (χ1v) is 11.8. The molecule has 2 aromatic carbocycles. The van der Waals surface area contributed by atoms with Gasteiger partial charge >= 0.3 is 12.0 Å². The molecule has 3 aromatic rings. The number of nitrogens with one attached hydrogen (secondary N) is 1. The fourth-order valence-electron chi connectivity index (χ4n) is 3.27. The Morgan fingerprint density at radius 2 is 1.75 bits per heavy atom. The molecule has 0 aliphatic carbocycles. The number of rotatable bonds is 11. The number of aromatic nitrogens is 1. The Morgan fingerprint density at radius 3 is 2.39 bits per heavy atom. The average Bonchev–Trinajstić information content (AvgIpc) is 2.89. The fraction of sp³-hybridized carbons (Fsp3) is 0.250. The number of unbranched alkanes of at least 4 members (excludes halogenated alkanes) is 1. The molecule has 0 unspecified atom stereocenters. The molecular weight excluding hydrogens is 458 g/mol. The van der Waals surface area contributed by atoms with Crippen LogP contribution >= 0.6 is 0 Å². The predicted molar refractivity (Wildman–Crippen MR) is 141 cm³/mol. The van der Waals surface area contributed by atoms with Crippen LogP contribution in [0.3, 0.4) is 0 Å². The van der Waals surface area contributed by atoms with E-state index >= 15 is 0 Å². The van der Waals surface area contributed by atoms with Crippen LogP contribution in [0, 0.1) is 0 Å². The van der Waals surface area contributed by atoms with Crippen molar-refractivity contribution in [3.8, 4) is 17.0 Å². The maximum Gasteiger partial charge on any atom is 0.371 e. The summed E-state index contributed by atoms with van der Waals surface area (Å²) in [5.74, 6) is 0.0188. The Hall–Kier alpha value is -4.33. The lowest BCUT2D eigenvalue weighted by Crippen LogP contribution is -2.31. The van der Waals surface area contributed by atoms with E-state index in [1.54, 1.807) is 44.3 Å². The number of carbonyl (C=O) groups excluding carboxylic acids is 1. The number of nitrogens with zero attached hydrogens (tertiary/aromatic N) is 2. The van der Waals surface area contributed by atoms with E-state index in [0.717, 1.165) is 24.2 Å². The van der Waals surface area contributed by atoms with Gasteiger partial charge in [0.1, 0.15) is 11.6 Å². The van der Waals surface area contributed by atoms with Gasteiger partial charge in [-0.1, -0.05) is 43.7 Å². The zero-order valence-corrected chi connectivity index (χ0v) is 20.7. The third-order valence-electron chi connectivity index (χ3n) is 5.27. The summed E-state index contributed by atoms with van der Waals surface area (Å²) in [7, 11) is 1.65. The van der Waals surface area contributed by atoms with Gasteiger partial charge in [-0.05, 0) is 61.4 Å². The largest absolute Gasteiger partial charge is 0.494 e. The molecule has 2 N–H and O–H groups in total. The molecule has 36 heavy (non-hydrogen) atoms. The van der Waals surface area contributed by atoms with E-state index in [1.807, 2.05) is 36.4 Å². The van der Waals surface area contributed by atoms with Gasteiger partial charge in [0, 0.05) is 18.3 Å². The fourth-order valence-corrected chi connectivity index (χ4v) is 3.27. The third-order valence-corrected chi connectivity index (χ3v) is 5.27. The minimum Gasteiger partial charge on any atom is -0.494 e. The maximum absolute atomic E-state index is 12.8. The number of aliphatic carboxylic acids is 1. The van der Waals surface area contributed by atoms with Gasteiger partial charge in [-0.25, -0.2) is 14.6 Å². The zero-order valence-electron chi connectivity index (χ0n) is 20.7. The smallest absolute Gasteiger partial charge is 0.371 e. The molecule has 188 valence electrons. The Morgan fingerprint density at radius 1 is 1.03 bits per heavy atom. The van der Waals surface area contributed by atoms with E-state index in [4.69, 9.17) is 9.47 Å². The van der Waals surface area contributed by atoms with Crippen LogP contribution in [0.4, 0.5) is 16.3 Å². The lowest BCUT2D eigenvalue weighted by molar-refractivity contribution is -0.136. The van der Waals surface area contributed by atoms with E-state index in [0.29, 0.717) is 29.4 Å². The molecule has 0 aliphatic rings. The zero-order chi connectivity index (χ0) is 25.9. The molecule has 1 aromatic heterocycles. The summed E-state index contributed by atoms with van der Waals surface area (Å²) in [6, 6.07) is 19.6. The quantitative estimate of drug-likeness (QED) is 0.193. The van der Waals surface area contributed by atoms with Crippen molar-refractivity contribution in [2.45, 2.75) is 26.7 Å². The number of carbonyl (C=O) groups is 2. The van der Waals surface area contributed by atoms with Crippen molar-refractivity contribution in [2.24, 2.45) is 0 Å². The number of carboxylic acid groups (broad SMARTS) is 1. The molecular formula is C28H31N3O5. The number of benzene rings is 2. The second-order valence-electron chi connectivity index (χ2n) is 7.97. The van der Waals surface area contributed by atoms with Gasteiger partial charge in [-0.15, -0.1) is 0 Å². The van der Waals surface area contributed by atoms with Gasteiger partial charge in [-0.3, -0.25) is 4.90 Å². The van der Waals surface area contributed by atoms with Crippen molar-refractivity contribution >= 4 is 29.6 Å². The lowest BCUT2D eigenvalue weighted by Gasteiger charge is -2.18. The number of ether oxygens (including phenoxy) is 2. The summed E-state index contributed by atoms with van der Waals surface area (Å²) in [5.41, 5.74) is 2.86. The van der Waals surface area contributed by atoms with Crippen LogP contribution in [-0.4, -0.2) is 42.4 Å². The molecule has 0 saturated heterocycles. The molecule has 0 radical (unpaired) electrons. The molecule has 0 spiro atoms. The number of anilines is 2. The first kappa shape index (κ1) is 26.3. The maximum atomic E-state index is 12.8. The molecule has 8 nitrogen and oxygen atoms in total. The molecule has 0 bridgehead atoms. The first-order chi connectivity index (χ1) is 17.4. The predicted octanol–water partition coefficient (Wildman–Crippen LogP) is 6.06. The summed E-state index contributed by atoms with van der Waals surface area (Å²) in [6.45, 7) is 4.78. The minimum absolute atomic E-state index is 0.114. The van der Waals surface area contributed by atoms with E-state index < -0.39 is 5.97 Å². The minimum atomic E-state index is -1.12. The van der Waals surface area contributed by atoms with Crippen molar-refractivity contribution in [1.29, 1.82) is 0 Å². The first-order valence-electron chi connectivity index (χ1n) is 11.8. The SMILES string of the molecule is CCCCOc1ccc(NC(=O)N(C)c2cccc(-c3ccc(C=C(OCC)C(=O)O)cc3)n2)cc1. The standard InChI is InChI=1S/C28H31N3O5/c1-4-6-18-36-23-16-14-22(15-17-23)29-28(34)31(3)26-9-7-8-24(30-26)21-12-10-20(11-13-21)19-25(27(32)33)35-5-2/h7-17,19H,4-6,18H2,1-3H3,(H,29,34)(H,32,33). The number of hydrogen-bond acceptors (Lipinski definition) is 5. The van der Waals surface area contributed by atoms with Crippen LogP contribution in [0.25, 0.3) is 17.3 Å². The van der Waals surface area contributed by atoms with Crippen molar-refractivity contribution in [1.82, 2.24) is 4.98 Å². The van der Waals surface area contributed by atoms with Gasteiger partial charge < -0.3 is 19.9 Å². The summed E-state index contributed by atoms with van der Waals surface area (Å²) < 4.78 is 10.8. The van der Waals surface area contributed by atoms with Crippen LogP contribution in [0.5, 0.6) is 5.75 Å². The number of carboxylic acids is 1. The van der Waals surface area contributed by atoms with Crippen LogP contribution in [0.2, 0.25) is 0 Å². The highest BCUT2D eigenvalue weighted by atomic mass is 16.5. The van der Waals surface area contributed by atoms with Crippen molar-refractivity contribution in [3.05, 3.63) is 78.1 Å². The van der Waals surface area contributed by atoms with E-state index in [1.165, 1.54) is 11.0 Å². The molecule has 8 heteroatoms. The second-order valence-corrected chi connectivity index (χ2v) is 7.97. The second kappa shape index (κ2) is 12.9. The van der Waals surface area contributed by atoms with E-state index in [2.05, 4.69) is 17.2 Å². The molecule has 0 fully saturated rings.